The van der Waals surface area contributed by atoms with Crippen LogP contribution in [0.1, 0.15) is 59.9 Å². The number of aromatic hydroxyl groups is 1. The summed E-state index contributed by atoms with van der Waals surface area (Å²) >= 11 is 0. The van der Waals surface area contributed by atoms with Crippen molar-refractivity contribution in [3.8, 4) is 11.5 Å². The fourth-order valence-corrected chi connectivity index (χ4v) is 2.77. The average Bonchev–Trinajstić information content (AvgIpc) is 2.25. The summed E-state index contributed by atoms with van der Waals surface area (Å²) in [5.74, 6) is 0.286. The summed E-state index contributed by atoms with van der Waals surface area (Å²) in [5.41, 5.74) is 0.968. The predicted molar refractivity (Wildman–Crippen MR) is 81.1 cm³/mol. The van der Waals surface area contributed by atoms with Crippen LogP contribution >= 0.6 is 0 Å². The normalized spacial score (nSPS) is 12.3. The van der Waals surface area contributed by atoms with E-state index in [0.29, 0.717) is 12.2 Å². The van der Waals surface area contributed by atoms with Gasteiger partial charge in [0.1, 0.15) is 11.5 Å². The maximum atomic E-state index is 11.6. The highest BCUT2D eigenvalue weighted by atomic mass is 16.5. The van der Waals surface area contributed by atoms with Crippen molar-refractivity contribution in [2.45, 2.75) is 59.8 Å². The van der Waals surface area contributed by atoms with Gasteiger partial charge in [0.25, 0.3) is 0 Å². The first-order valence-corrected chi connectivity index (χ1v) is 7.09. The summed E-state index contributed by atoms with van der Waals surface area (Å²) in [6, 6.07) is 5.01. The summed E-state index contributed by atoms with van der Waals surface area (Å²) < 4.78 is 5.38. The molecule has 3 heteroatoms. The van der Waals surface area contributed by atoms with Crippen LogP contribution in [0.3, 0.4) is 0 Å². The van der Waals surface area contributed by atoms with Crippen LogP contribution in [0.15, 0.2) is 18.2 Å². The van der Waals surface area contributed by atoms with Gasteiger partial charge < -0.3 is 9.84 Å². The molecule has 0 saturated heterocycles. The quantitative estimate of drug-likeness (QED) is 0.655. The Morgan fingerprint density at radius 1 is 1.20 bits per heavy atom. The molecule has 0 aromatic heterocycles. The van der Waals surface area contributed by atoms with Gasteiger partial charge in [-0.1, -0.05) is 47.6 Å². The zero-order chi connectivity index (χ0) is 15.6. The fraction of sp³-hybridized carbons (Fsp3) is 0.588. The summed E-state index contributed by atoms with van der Waals surface area (Å²) in [6.45, 7) is 12.6. The summed E-state index contributed by atoms with van der Waals surface area (Å²) in [7, 11) is 0. The van der Waals surface area contributed by atoms with Crippen LogP contribution in [0.5, 0.6) is 11.5 Å². The molecule has 0 radical (unpaired) electrons. The van der Waals surface area contributed by atoms with E-state index in [9.17, 15) is 9.90 Å². The number of carbonyl (C=O) groups is 1. The van der Waals surface area contributed by atoms with Gasteiger partial charge in [-0.25, -0.2) is 0 Å². The molecule has 20 heavy (non-hydrogen) atoms. The SMILES string of the molecule is CCC(=O)Oc1cc(O)ccc1C(C)(C)CC(C)(C)C. The van der Waals surface area contributed by atoms with Crippen LogP contribution in [0.4, 0.5) is 0 Å². The van der Waals surface area contributed by atoms with Gasteiger partial charge in [0, 0.05) is 18.1 Å². The van der Waals surface area contributed by atoms with Gasteiger partial charge in [0.05, 0.1) is 0 Å². The maximum Gasteiger partial charge on any atom is 0.310 e. The molecule has 1 N–H and O–H groups in total. The molecule has 0 aliphatic heterocycles. The monoisotopic (exact) mass is 278 g/mol. The molecule has 0 fully saturated rings. The number of phenols is 1. The first-order valence-electron chi connectivity index (χ1n) is 7.09. The molecule has 0 spiro atoms. The van der Waals surface area contributed by atoms with E-state index in [1.54, 1.807) is 13.0 Å². The Morgan fingerprint density at radius 2 is 1.80 bits per heavy atom. The first-order chi connectivity index (χ1) is 9.05. The Hall–Kier alpha value is -1.51. The van der Waals surface area contributed by atoms with Crippen molar-refractivity contribution in [2.24, 2.45) is 5.41 Å². The summed E-state index contributed by atoms with van der Waals surface area (Å²) in [6.07, 6.45) is 1.26. The van der Waals surface area contributed by atoms with Gasteiger partial charge in [-0.2, -0.15) is 0 Å². The largest absolute Gasteiger partial charge is 0.508 e. The van der Waals surface area contributed by atoms with Crippen molar-refractivity contribution >= 4 is 5.97 Å². The lowest BCUT2D eigenvalue weighted by molar-refractivity contribution is -0.134. The highest BCUT2D eigenvalue weighted by molar-refractivity contribution is 5.72. The molecule has 0 bridgehead atoms. The van der Waals surface area contributed by atoms with Crippen molar-refractivity contribution in [3.05, 3.63) is 23.8 Å². The highest BCUT2D eigenvalue weighted by Crippen LogP contribution is 2.41. The van der Waals surface area contributed by atoms with E-state index in [1.165, 1.54) is 6.07 Å². The molecule has 3 nitrogen and oxygen atoms in total. The minimum Gasteiger partial charge on any atom is -0.508 e. The van der Waals surface area contributed by atoms with Crippen LogP contribution in [0.25, 0.3) is 0 Å². The molecule has 112 valence electrons. The number of ether oxygens (including phenoxy) is 1. The molecule has 1 aromatic rings. The lowest BCUT2D eigenvalue weighted by Gasteiger charge is -2.33. The lowest BCUT2D eigenvalue weighted by Crippen LogP contribution is -2.26. The summed E-state index contributed by atoms with van der Waals surface area (Å²) in [5, 5.41) is 9.63. The van der Waals surface area contributed by atoms with Crippen molar-refractivity contribution in [3.63, 3.8) is 0 Å². The standard InChI is InChI=1S/C17H26O3/c1-7-15(19)20-14-10-12(18)8-9-13(14)17(5,6)11-16(2,3)4/h8-10,18H,7,11H2,1-6H3. The van der Waals surface area contributed by atoms with Gasteiger partial charge in [-0.05, 0) is 23.3 Å². The smallest absolute Gasteiger partial charge is 0.310 e. The van der Waals surface area contributed by atoms with E-state index in [4.69, 9.17) is 4.74 Å². The van der Waals surface area contributed by atoms with Gasteiger partial charge in [-0.3, -0.25) is 4.79 Å². The number of esters is 1. The number of hydrogen-bond acceptors (Lipinski definition) is 3. The second kappa shape index (κ2) is 5.86. The van der Waals surface area contributed by atoms with E-state index in [-0.39, 0.29) is 22.5 Å². The fourth-order valence-electron chi connectivity index (χ4n) is 2.77. The van der Waals surface area contributed by atoms with Crippen LogP contribution in [0, 0.1) is 5.41 Å². The Bertz CT molecular complexity index is 481. The molecule has 0 saturated carbocycles. The summed E-state index contributed by atoms with van der Waals surface area (Å²) in [4.78, 5) is 11.6. The number of hydrogen-bond donors (Lipinski definition) is 1. The Morgan fingerprint density at radius 3 is 2.30 bits per heavy atom. The minimum absolute atomic E-state index is 0.110. The number of carbonyl (C=O) groups excluding carboxylic acids is 1. The number of rotatable bonds is 4. The molecular weight excluding hydrogens is 252 g/mol. The van der Waals surface area contributed by atoms with Crippen molar-refractivity contribution in [1.29, 1.82) is 0 Å². The second-order valence-corrected chi connectivity index (χ2v) is 7.13. The second-order valence-electron chi connectivity index (χ2n) is 7.13. The van der Waals surface area contributed by atoms with E-state index < -0.39 is 0 Å². The first kappa shape index (κ1) is 16.5. The highest BCUT2D eigenvalue weighted by Gasteiger charge is 2.30. The topological polar surface area (TPSA) is 46.5 Å². The molecular formula is C17H26O3. The van der Waals surface area contributed by atoms with Gasteiger partial charge >= 0.3 is 5.97 Å². The molecule has 0 aliphatic rings. The predicted octanol–water partition coefficient (Wildman–Crippen LogP) is 4.42. The Balaban J connectivity index is 3.19. The third-order valence-electron chi connectivity index (χ3n) is 3.18. The molecule has 1 rings (SSSR count). The van der Waals surface area contributed by atoms with Crippen LogP contribution in [-0.2, 0) is 10.2 Å². The van der Waals surface area contributed by atoms with Gasteiger partial charge in [-0.15, -0.1) is 0 Å². The third-order valence-corrected chi connectivity index (χ3v) is 3.18. The zero-order valence-corrected chi connectivity index (χ0v) is 13.4. The minimum atomic E-state index is -0.289. The van der Waals surface area contributed by atoms with Gasteiger partial charge in [0.2, 0.25) is 0 Å². The molecule has 0 aliphatic carbocycles. The van der Waals surface area contributed by atoms with E-state index in [0.717, 1.165) is 12.0 Å². The molecule has 0 amide bonds. The maximum absolute atomic E-state index is 11.6. The van der Waals surface area contributed by atoms with E-state index in [2.05, 4.69) is 34.6 Å². The molecule has 0 unspecified atom stereocenters. The van der Waals surface area contributed by atoms with E-state index in [1.807, 2.05) is 6.07 Å². The van der Waals surface area contributed by atoms with E-state index >= 15 is 0 Å². The molecule has 0 heterocycles. The Labute approximate surface area is 122 Å². The Kier molecular flexibility index (Phi) is 4.85. The van der Waals surface area contributed by atoms with Crippen LogP contribution in [0.2, 0.25) is 0 Å². The average molecular weight is 278 g/mol. The van der Waals surface area contributed by atoms with Gasteiger partial charge in [0.15, 0.2) is 0 Å². The van der Waals surface area contributed by atoms with Crippen LogP contribution in [-0.4, -0.2) is 11.1 Å². The van der Waals surface area contributed by atoms with Crippen molar-refractivity contribution in [1.82, 2.24) is 0 Å². The lowest BCUT2D eigenvalue weighted by atomic mass is 9.72. The van der Waals surface area contributed by atoms with Crippen molar-refractivity contribution < 1.29 is 14.6 Å². The molecule has 1 aromatic carbocycles. The van der Waals surface area contributed by atoms with Crippen molar-refractivity contribution in [2.75, 3.05) is 0 Å². The molecule has 0 atom stereocenters. The third kappa shape index (κ3) is 4.55. The van der Waals surface area contributed by atoms with Crippen LogP contribution < -0.4 is 4.74 Å². The number of benzene rings is 1. The number of phenolic OH excluding ortho intramolecular Hbond substituents is 1. The zero-order valence-electron chi connectivity index (χ0n) is 13.4.